The average Bonchev–Trinajstić information content (AvgIpc) is 2.99. The van der Waals surface area contributed by atoms with Gasteiger partial charge in [-0.2, -0.15) is 0 Å². The van der Waals surface area contributed by atoms with Gasteiger partial charge in [0, 0.05) is 42.2 Å². The number of fused-ring (bicyclic) bond motifs is 1. The summed E-state index contributed by atoms with van der Waals surface area (Å²) < 4.78 is 0. The second-order valence-corrected chi connectivity index (χ2v) is 9.32. The van der Waals surface area contributed by atoms with Crippen LogP contribution in [-0.2, 0) is 0 Å². The summed E-state index contributed by atoms with van der Waals surface area (Å²) in [6.07, 6.45) is 0. The minimum absolute atomic E-state index is 1.15. The molecule has 0 aliphatic heterocycles. The molecule has 0 bridgehead atoms. The van der Waals surface area contributed by atoms with Gasteiger partial charge in [0.15, 0.2) is 0 Å². The number of para-hydroxylation sites is 2. The summed E-state index contributed by atoms with van der Waals surface area (Å²) in [7, 11) is 4.14. The summed E-state index contributed by atoms with van der Waals surface area (Å²) in [5.74, 6) is 0. The zero-order valence-electron chi connectivity index (χ0n) is 21.9. The van der Waals surface area contributed by atoms with E-state index in [0.29, 0.717) is 0 Å². The van der Waals surface area contributed by atoms with Crippen LogP contribution in [0.1, 0.15) is 0 Å². The van der Waals surface area contributed by atoms with Gasteiger partial charge in [0.2, 0.25) is 0 Å². The molecule has 6 aromatic rings. The molecule has 0 aliphatic carbocycles. The molecule has 0 atom stereocenters. The monoisotopic (exact) mass is 492 g/mol. The Kier molecular flexibility index (Phi) is 7.81. The van der Waals surface area contributed by atoms with Gasteiger partial charge >= 0.3 is 0 Å². The first-order chi connectivity index (χ1) is 18.7. The van der Waals surface area contributed by atoms with Crippen molar-refractivity contribution in [2.45, 2.75) is 0 Å². The van der Waals surface area contributed by atoms with E-state index in [1.165, 1.54) is 27.6 Å². The van der Waals surface area contributed by atoms with Gasteiger partial charge in [-0.3, -0.25) is 0 Å². The standard InChI is InChI=1S/C24H19N.C12H13N/c1-4-11-20(12-5-1)21-13-10-18-24(19-21)25(22-14-6-2-7-15-22)23-16-8-3-9-17-23;1-13(2)12-9-5-7-10-6-3-4-8-11(10)12/h1-19H;3-9H,1-2H3. The number of hydrogen-bond acceptors (Lipinski definition) is 2. The van der Waals surface area contributed by atoms with Crippen LogP contribution in [0.15, 0.2) is 158 Å². The van der Waals surface area contributed by atoms with Crippen LogP contribution < -0.4 is 9.80 Å². The van der Waals surface area contributed by atoms with E-state index < -0.39 is 0 Å². The van der Waals surface area contributed by atoms with Crippen LogP contribution in [0.2, 0.25) is 0 Å². The Morgan fingerprint density at radius 1 is 0.395 bits per heavy atom. The molecule has 186 valence electrons. The molecule has 0 N–H and O–H groups in total. The molecular formula is C36H32N2. The molecule has 0 amide bonds. The highest BCUT2D eigenvalue weighted by Crippen LogP contribution is 2.36. The van der Waals surface area contributed by atoms with Gasteiger partial charge in [-0.15, -0.1) is 0 Å². The van der Waals surface area contributed by atoms with Gasteiger partial charge < -0.3 is 9.80 Å². The lowest BCUT2D eigenvalue weighted by atomic mass is 10.0. The van der Waals surface area contributed by atoms with E-state index in [0.717, 1.165) is 17.1 Å². The van der Waals surface area contributed by atoms with Crippen LogP contribution in [-0.4, -0.2) is 14.1 Å². The molecular weight excluding hydrogens is 460 g/mol. The summed E-state index contributed by atoms with van der Waals surface area (Å²) in [5, 5.41) is 2.61. The molecule has 2 nitrogen and oxygen atoms in total. The van der Waals surface area contributed by atoms with E-state index in [-0.39, 0.29) is 0 Å². The second kappa shape index (κ2) is 11.9. The summed E-state index contributed by atoms with van der Waals surface area (Å²) in [5.41, 5.74) is 7.18. The fourth-order valence-electron chi connectivity index (χ4n) is 4.65. The number of nitrogens with zero attached hydrogens (tertiary/aromatic N) is 2. The van der Waals surface area contributed by atoms with Crippen molar-refractivity contribution in [2.75, 3.05) is 23.9 Å². The van der Waals surface area contributed by atoms with Crippen molar-refractivity contribution in [1.29, 1.82) is 0 Å². The highest BCUT2D eigenvalue weighted by molar-refractivity contribution is 5.94. The third kappa shape index (κ3) is 5.77. The van der Waals surface area contributed by atoms with E-state index in [4.69, 9.17) is 0 Å². The first-order valence-corrected chi connectivity index (χ1v) is 12.9. The van der Waals surface area contributed by atoms with E-state index in [1.807, 2.05) is 18.2 Å². The van der Waals surface area contributed by atoms with Crippen LogP contribution >= 0.6 is 0 Å². The quantitative estimate of drug-likeness (QED) is 0.236. The fourth-order valence-corrected chi connectivity index (χ4v) is 4.65. The molecule has 0 spiro atoms. The third-order valence-corrected chi connectivity index (χ3v) is 6.49. The van der Waals surface area contributed by atoms with E-state index in [9.17, 15) is 0 Å². The molecule has 6 aromatic carbocycles. The van der Waals surface area contributed by atoms with Crippen molar-refractivity contribution >= 4 is 33.5 Å². The van der Waals surface area contributed by atoms with E-state index >= 15 is 0 Å². The van der Waals surface area contributed by atoms with Gasteiger partial charge in [0.25, 0.3) is 0 Å². The molecule has 0 fully saturated rings. The average molecular weight is 493 g/mol. The molecule has 0 unspecified atom stereocenters. The first-order valence-electron chi connectivity index (χ1n) is 12.9. The molecule has 0 heterocycles. The lowest BCUT2D eigenvalue weighted by molar-refractivity contribution is 1.14. The summed E-state index contributed by atoms with van der Waals surface area (Å²) in [4.78, 5) is 4.43. The Morgan fingerprint density at radius 3 is 1.50 bits per heavy atom. The zero-order valence-corrected chi connectivity index (χ0v) is 21.9. The number of anilines is 4. The maximum Gasteiger partial charge on any atom is 0.0467 e. The SMILES string of the molecule is CN(C)c1cccc2ccccc12.c1ccc(-c2cccc(N(c3ccccc3)c3ccccc3)c2)cc1. The Bertz CT molecular complexity index is 1530. The van der Waals surface area contributed by atoms with Crippen LogP contribution in [0.3, 0.4) is 0 Å². The topological polar surface area (TPSA) is 6.48 Å². The number of rotatable bonds is 5. The van der Waals surface area contributed by atoms with Gasteiger partial charge in [-0.05, 0) is 59.0 Å². The predicted octanol–water partition coefficient (Wildman–Crippen LogP) is 9.73. The Balaban J connectivity index is 0.000000190. The Morgan fingerprint density at radius 2 is 0.868 bits per heavy atom. The molecule has 0 radical (unpaired) electrons. The van der Waals surface area contributed by atoms with E-state index in [2.05, 4.69) is 163 Å². The van der Waals surface area contributed by atoms with Crippen molar-refractivity contribution in [1.82, 2.24) is 0 Å². The van der Waals surface area contributed by atoms with Crippen molar-refractivity contribution in [3.63, 3.8) is 0 Å². The van der Waals surface area contributed by atoms with Crippen LogP contribution in [0.25, 0.3) is 21.9 Å². The largest absolute Gasteiger partial charge is 0.377 e. The summed E-state index contributed by atoms with van der Waals surface area (Å²) >= 11 is 0. The maximum atomic E-state index is 2.28. The second-order valence-electron chi connectivity index (χ2n) is 9.32. The normalized spacial score (nSPS) is 10.4. The van der Waals surface area contributed by atoms with Crippen LogP contribution in [0.4, 0.5) is 22.7 Å². The van der Waals surface area contributed by atoms with E-state index in [1.54, 1.807) is 0 Å². The van der Waals surface area contributed by atoms with Crippen molar-refractivity contribution in [2.24, 2.45) is 0 Å². The minimum Gasteiger partial charge on any atom is -0.377 e. The summed E-state index contributed by atoms with van der Waals surface area (Å²) in [6, 6.07) is 55.0. The Hall–Kier alpha value is -4.82. The smallest absolute Gasteiger partial charge is 0.0467 e. The first kappa shape index (κ1) is 24.9. The molecule has 2 heteroatoms. The third-order valence-electron chi connectivity index (χ3n) is 6.49. The molecule has 0 saturated heterocycles. The molecule has 0 aromatic heterocycles. The molecule has 0 saturated carbocycles. The van der Waals surface area contributed by atoms with Crippen molar-refractivity contribution in [3.05, 3.63) is 158 Å². The lowest BCUT2D eigenvalue weighted by Crippen LogP contribution is -2.09. The summed E-state index contributed by atoms with van der Waals surface area (Å²) in [6.45, 7) is 0. The fraction of sp³-hybridized carbons (Fsp3) is 0.0556. The number of benzene rings is 6. The maximum absolute atomic E-state index is 2.28. The Labute approximate surface area is 226 Å². The molecule has 0 aliphatic rings. The highest BCUT2D eigenvalue weighted by atomic mass is 15.1. The zero-order chi connectivity index (χ0) is 26.2. The minimum atomic E-state index is 1.15. The van der Waals surface area contributed by atoms with Gasteiger partial charge in [-0.1, -0.05) is 115 Å². The van der Waals surface area contributed by atoms with Crippen LogP contribution in [0, 0.1) is 0 Å². The molecule has 6 rings (SSSR count). The van der Waals surface area contributed by atoms with Crippen LogP contribution in [0.5, 0.6) is 0 Å². The van der Waals surface area contributed by atoms with Crippen molar-refractivity contribution < 1.29 is 0 Å². The predicted molar refractivity (Wildman–Crippen MR) is 165 cm³/mol. The van der Waals surface area contributed by atoms with Gasteiger partial charge in [-0.25, -0.2) is 0 Å². The lowest BCUT2D eigenvalue weighted by Gasteiger charge is -2.25. The molecule has 38 heavy (non-hydrogen) atoms. The number of hydrogen-bond donors (Lipinski definition) is 0. The van der Waals surface area contributed by atoms with Gasteiger partial charge in [0.05, 0.1) is 0 Å². The van der Waals surface area contributed by atoms with Gasteiger partial charge in [0.1, 0.15) is 0 Å². The van der Waals surface area contributed by atoms with Crippen molar-refractivity contribution in [3.8, 4) is 11.1 Å². The highest BCUT2D eigenvalue weighted by Gasteiger charge is 2.12.